The minimum atomic E-state index is -0.621. The van der Waals surface area contributed by atoms with E-state index in [-0.39, 0.29) is 11.8 Å². The highest BCUT2D eigenvalue weighted by molar-refractivity contribution is 5.95. The molecule has 0 spiro atoms. The van der Waals surface area contributed by atoms with Gasteiger partial charge in [-0.3, -0.25) is 9.59 Å². The van der Waals surface area contributed by atoms with Crippen LogP contribution in [0.3, 0.4) is 0 Å². The Labute approximate surface area is 165 Å². The molecule has 0 radical (unpaired) electrons. The summed E-state index contributed by atoms with van der Waals surface area (Å²) in [4.78, 5) is 24.1. The molecule has 6 nitrogen and oxygen atoms in total. The number of carbonyl (C=O) groups excluding carboxylic acids is 2. The molecule has 2 N–H and O–H groups in total. The van der Waals surface area contributed by atoms with Crippen molar-refractivity contribution >= 4 is 17.9 Å². The Morgan fingerprint density at radius 2 is 1.54 bits per heavy atom. The maximum Gasteiger partial charge on any atom is 0.244 e. The van der Waals surface area contributed by atoms with E-state index in [9.17, 15) is 9.59 Å². The average molecular weight is 382 g/mol. The summed E-state index contributed by atoms with van der Waals surface area (Å²) in [6, 6.07) is 14.4. The smallest absolute Gasteiger partial charge is 0.244 e. The highest BCUT2D eigenvalue weighted by atomic mass is 16.5. The molecule has 0 aromatic heterocycles. The van der Waals surface area contributed by atoms with Gasteiger partial charge in [-0.05, 0) is 54.8 Å². The van der Waals surface area contributed by atoms with Crippen LogP contribution in [-0.4, -0.2) is 38.6 Å². The van der Waals surface area contributed by atoms with Crippen LogP contribution in [0.4, 0.5) is 0 Å². The minimum Gasteiger partial charge on any atom is -0.497 e. The van der Waals surface area contributed by atoms with Crippen LogP contribution in [0.25, 0.3) is 6.08 Å². The van der Waals surface area contributed by atoms with Crippen molar-refractivity contribution in [2.24, 2.45) is 0 Å². The molecular formula is C22H26N2O4. The first-order valence-electron chi connectivity index (χ1n) is 9.05. The Hall–Kier alpha value is -3.28. The van der Waals surface area contributed by atoms with Crippen LogP contribution in [0.1, 0.15) is 18.1 Å². The van der Waals surface area contributed by atoms with Gasteiger partial charge >= 0.3 is 0 Å². The fourth-order valence-electron chi connectivity index (χ4n) is 2.49. The number of nitrogens with one attached hydrogen (secondary N) is 2. The molecule has 1 unspecified atom stereocenters. The van der Waals surface area contributed by atoms with Gasteiger partial charge in [0.15, 0.2) is 0 Å². The molecule has 0 aliphatic heterocycles. The van der Waals surface area contributed by atoms with Gasteiger partial charge in [0, 0.05) is 12.6 Å². The second kappa shape index (κ2) is 10.8. The van der Waals surface area contributed by atoms with Crippen LogP contribution in [0, 0.1) is 0 Å². The summed E-state index contributed by atoms with van der Waals surface area (Å²) in [6.45, 7) is 2.15. The number of methoxy groups -OCH3 is 2. The van der Waals surface area contributed by atoms with Crippen LogP contribution in [0.5, 0.6) is 11.5 Å². The van der Waals surface area contributed by atoms with E-state index in [2.05, 4.69) is 10.6 Å². The molecule has 2 aromatic carbocycles. The fourth-order valence-corrected chi connectivity index (χ4v) is 2.49. The highest BCUT2D eigenvalue weighted by Gasteiger charge is 2.13. The molecule has 6 heteroatoms. The van der Waals surface area contributed by atoms with Gasteiger partial charge in [0.05, 0.1) is 14.2 Å². The first-order valence-corrected chi connectivity index (χ1v) is 9.05. The molecule has 0 aliphatic rings. The zero-order chi connectivity index (χ0) is 20.4. The van der Waals surface area contributed by atoms with Crippen molar-refractivity contribution in [1.29, 1.82) is 0 Å². The van der Waals surface area contributed by atoms with E-state index >= 15 is 0 Å². The summed E-state index contributed by atoms with van der Waals surface area (Å²) >= 11 is 0. The quantitative estimate of drug-likeness (QED) is 0.654. The Morgan fingerprint density at radius 3 is 2.11 bits per heavy atom. The van der Waals surface area contributed by atoms with Gasteiger partial charge in [0.2, 0.25) is 11.8 Å². The molecule has 0 saturated heterocycles. The molecular weight excluding hydrogens is 356 g/mol. The van der Waals surface area contributed by atoms with Gasteiger partial charge in [-0.15, -0.1) is 0 Å². The second-order valence-electron chi connectivity index (χ2n) is 6.23. The van der Waals surface area contributed by atoms with Crippen LogP contribution in [0.15, 0.2) is 54.6 Å². The number of carbonyl (C=O) groups is 2. The molecule has 28 heavy (non-hydrogen) atoms. The number of amides is 2. The van der Waals surface area contributed by atoms with Crippen LogP contribution >= 0.6 is 0 Å². The van der Waals surface area contributed by atoms with Crippen molar-refractivity contribution in [1.82, 2.24) is 10.6 Å². The number of ether oxygens (including phenoxy) is 2. The van der Waals surface area contributed by atoms with Crippen molar-refractivity contribution in [3.05, 3.63) is 65.7 Å². The van der Waals surface area contributed by atoms with Gasteiger partial charge in [-0.1, -0.05) is 24.3 Å². The topological polar surface area (TPSA) is 76.7 Å². The summed E-state index contributed by atoms with van der Waals surface area (Å²) in [6.07, 6.45) is 3.79. The van der Waals surface area contributed by atoms with Gasteiger partial charge in [0.1, 0.15) is 17.5 Å². The zero-order valence-electron chi connectivity index (χ0n) is 16.4. The fraction of sp³-hybridized carbons (Fsp3) is 0.273. The lowest BCUT2D eigenvalue weighted by atomic mass is 10.1. The lowest BCUT2D eigenvalue weighted by Gasteiger charge is -2.13. The first kappa shape index (κ1) is 21.0. The summed E-state index contributed by atoms with van der Waals surface area (Å²) < 4.78 is 10.2. The molecule has 0 fully saturated rings. The molecule has 0 aliphatic carbocycles. The summed E-state index contributed by atoms with van der Waals surface area (Å²) in [7, 11) is 3.22. The maximum absolute atomic E-state index is 12.1. The molecule has 148 valence electrons. The number of hydrogen-bond donors (Lipinski definition) is 2. The van der Waals surface area contributed by atoms with E-state index in [1.165, 1.54) is 6.08 Å². The van der Waals surface area contributed by atoms with Crippen molar-refractivity contribution in [2.45, 2.75) is 19.4 Å². The largest absolute Gasteiger partial charge is 0.497 e. The van der Waals surface area contributed by atoms with E-state index in [4.69, 9.17) is 9.47 Å². The highest BCUT2D eigenvalue weighted by Crippen LogP contribution is 2.12. The van der Waals surface area contributed by atoms with Crippen molar-refractivity contribution in [3.63, 3.8) is 0 Å². The molecule has 2 aromatic rings. The molecule has 2 amide bonds. The third-order valence-electron chi connectivity index (χ3n) is 4.17. The zero-order valence-corrected chi connectivity index (χ0v) is 16.4. The number of benzene rings is 2. The third kappa shape index (κ3) is 6.79. The van der Waals surface area contributed by atoms with Crippen LogP contribution in [0.2, 0.25) is 0 Å². The minimum absolute atomic E-state index is 0.222. The molecule has 2 rings (SSSR count). The SMILES string of the molecule is COc1ccc(/C=C/C(=O)NC(C)C(=O)NCCc2ccc(OC)cc2)cc1. The Kier molecular flexibility index (Phi) is 8.09. The first-order chi connectivity index (χ1) is 13.5. The molecule has 0 bridgehead atoms. The van der Waals surface area contributed by atoms with E-state index in [1.54, 1.807) is 27.2 Å². The Bertz CT molecular complexity index is 798. The average Bonchev–Trinajstić information content (AvgIpc) is 2.73. The standard InChI is InChI=1S/C22H26N2O4/c1-16(22(26)23-15-14-18-6-11-20(28-3)12-7-18)24-21(25)13-8-17-4-9-19(27-2)10-5-17/h4-13,16H,14-15H2,1-3H3,(H,23,26)(H,24,25)/b13-8+. The third-order valence-corrected chi connectivity index (χ3v) is 4.17. The molecule has 1 atom stereocenters. The molecule has 0 saturated carbocycles. The van der Waals surface area contributed by atoms with Crippen molar-refractivity contribution in [3.8, 4) is 11.5 Å². The summed E-state index contributed by atoms with van der Waals surface area (Å²) in [5.41, 5.74) is 1.97. The summed E-state index contributed by atoms with van der Waals surface area (Å²) in [5, 5.41) is 5.49. The Balaban J connectivity index is 1.73. The van der Waals surface area contributed by atoms with Gasteiger partial charge < -0.3 is 20.1 Å². The van der Waals surface area contributed by atoms with E-state index in [0.717, 1.165) is 22.6 Å². The Morgan fingerprint density at radius 1 is 0.964 bits per heavy atom. The van der Waals surface area contributed by atoms with Gasteiger partial charge in [-0.2, -0.15) is 0 Å². The summed E-state index contributed by atoms with van der Waals surface area (Å²) in [5.74, 6) is 1.00. The predicted molar refractivity (Wildman–Crippen MR) is 109 cm³/mol. The number of rotatable bonds is 9. The predicted octanol–water partition coefficient (Wildman–Crippen LogP) is 2.58. The van der Waals surface area contributed by atoms with E-state index in [1.807, 2.05) is 48.5 Å². The normalized spacial score (nSPS) is 11.7. The monoisotopic (exact) mass is 382 g/mol. The maximum atomic E-state index is 12.1. The lowest BCUT2D eigenvalue weighted by molar-refractivity contribution is -0.126. The van der Waals surface area contributed by atoms with E-state index in [0.29, 0.717) is 13.0 Å². The molecule has 0 heterocycles. The van der Waals surface area contributed by atoms with Crippen LogP contribution < -0.4 is 20.1 Å². The lowest BCUT2D eigenvalue weighted by Crippen LogP contribution is -2.44. The van der Waals surface area contributed by atoms with Crippen LogP contribution in [-0.2, 0) is 16.0 Å². The number of hydrogen-bond acceptors (Lipinski definition) is 4. The van der Waals surface area contributed by atoms with Gasteiger partial charge in [0.25, 0.3) is 0 Å². The van der Waals surface area contributed by atoms with Crippen molar-refractivity contribution in [2.75, 3.05) is 20.8 Å². The van der Waals surface area contributed by atoms with Crippen molar-refractivity contribution < 1.29 is 19.1 Å². The van der Waals surface area contributed by atoms with Gasteiger partial charge in [-0.25, -0.2) is 0 Å². The second-order valence-corrected chi connectivity index (χ2v) is 6.23. The van der Waals surface area contributed by atoms with E-state index < -0.39 is 6.04 Å².